The van der Waals surface area contributed by atoms with Crippen LogP contribution in [0.5, 0.6) is 5.75 Å². The van der Waals surface area contributed by atoms with Crippen molar-refractivity contribution in [3.05, 3.63) is 71.8 Å². The van der Waals surface area contributed by atoms with E-state index in [4.69, 9.17) is 9.47 Å². The molecule has 0 saturated heterocycles. The van der Waals surface area contributed by atoms with Crippen LogP contribution in [0, 0.1) is 13.8 Å². The highest BCUT2D eigenvalue weighted by atomic mass is 16.6. The zero-order chi connectivity index (χ0) is 20.0. The van der Waals surface area contributed by atoms with Crippen molar-refractivity contribution >= 4 is 11.8 Å². The van der Waals surface area contributed by atoms with Crippen molar-refractivity contribution in [3.8, 4) is 5.75 Å². The van der Waals surface area contributed by atoms with Gasteiger partial charge < -0.3 is 9.47 Å². The number of carbonyl (C=O) groups excluding carboxylic acids is 1. The van der Waals surface area contributed by atoms with Crippen LogP contribution in [0.2, 0.25) is 0 Å². The summed E-state index contributed by atoms with van der Waals surface area (Å²) in [4.78, 5) is 14.6. The van der Waals surface area contributed by atoms with Gasteiger partial charge in [-0.05, 0) is 63.9 Å². The van der Waals surface area contributed by atoms with Crippen LogP contribution < -0.4 is 9.64 Å². The van der Waals surface area contributed by atoms with Gasteiger partial charge in [0.25, 0.3) is 0 Å². The van der Waals surface area contributed by atoms with Gasteiger partial charge in [0.2, 0.25) is 0 Å². The fourth-order valence-electron chi connectivity index (χ4n) is 2.57. The van der Waals surface area contributed by atoms with E-state index >= 15 is 0 Å². The minimum Gasteiger partial charge on any atom is -0.489 e. The fourth-order valence-corrected chi connectivity index (χ4v) is 2.57. The van der Waals surface area contributed by atoms with E-state index in [1.807, 2.05) is 70.2 Å². The van der Waals surface area contributed by atoms with Crippen molar-refractivity contribution < 1.29 is 14.3 Å². The number of amides is 1. The summed E-state index contributed by atoms with van der Waals surface area (Å²) < 4.78 is 11.4. The molecule has 0 aliphatic carbocycles. The highest BCUT2D eigenvalue weighted by Gasteiger charge is 2.24. The molecule has 2 rings (SSSR count). The number of benzene rings is 2. The Morgan fingerprint density at radius 2 is 1.81 bits per heavy atom. The third-order valence-electron chi connectivity index (χ3n) is 4.07. The Labute approximate surface area is 162 Å². The van der Waals surface area contributed by atoms with Crippen molar-refractivity contribution in [2.45, 2.75) is 46.8 Å². The largest absolute Gasteiger partial charge is 0.489 e. The molecule has 0 aliphatic rings. The summed E-state index contributed by atoms with van der Waals surface area (Å²) in [5.74, 6) is 0.731. The summed E-state index contributed by atoms with van der Waals surface area (Å²) in [5, 5.41) is 0. The highest BCUT2D eigenvalue weighted by Crippen LogP contribution is 2.27. The van der Waals surface area contributed by atoms with Gasteiger partial charge in [-0.2, -0.15) is 0 Å². The van der Waals surface area contributed by atoms with Crippen LogP contribution in [0.4, 0.5) is 10.5 Å². The Hall–Kier alpha value is -2.75. The molecule has 4 nitrogen and oxygen atoms in total. The number of carbonyl (C=O) groups is 1. The van der Waals surface area contributed by atoms with E-state index in [0.717, 1.165) is 22.6 Å². The predicted molar refractivity (Wildman–Crippen MR) is 110 cm³/mol. The van der Waals surface area contributed by atoms with Gasteiger partial charge in [-0.1, -0.05) is 36.9 Å². The van der Waals surface area contributed by atoms with E-state index in [1.54, 1.807) is 11.0 Å². The molecule has 4 heteroatoms. The average molecular weight is 367 g/mol. The van der Waals surface area contributed by atoms with Crippen LogP contribution in [0.25, 0.3) is 0 Å². The number of para-hydroxylation sites is 1. The maximum absolute atomic E-state index is 12.9. The normalized spacial score (nSPS) is 11.0. The molecule has 0 N–H and O–H groups in total. The van der Waals surface area contributed by atoms with Gasteiger partial charge in [-0.25, -0.2) is 4.79 Å². The van der Waals surface area contributed by atoms with Crippen LogP contribution in [-0.2, 0) is 11.3 Å². The topological polar surface area (TPSA) is 38.8 Å². The van der Waals surface area contributed by atoms with Crippen molar-refractivity contribution in [2.24, 2.45) is 0 Å². The minimum absolute atomic E-state index is 0.352. The second-order valence-electron chi connectivity index (χ2n) is 7.54. The van der Waals surface area contributed by atoms with Gasteiger partial charge in [-0.15, -0.1) is 0 Å². The van der Waals surface area contributed by atoms with E-state index in [1.165, 1.54) is 5.56 Å². The molecule has 0 aromatic heterocycles. The summed E-state index contributed by atoms with van der Waals surface area (Å²) >= 11 is 0. The Morgan fingerprint density at radius 1 is 1.11 bits per heavy atom. The Balaban J connectivity index is 2.39. The molecule has 1 amide bonds. The molecular weight excluding hydrogens is 338 g/mol. The van der Waals surface area contributed by atoms with Crippen molar-refractivity contribution in [1.29, 1.82) is 0 Å². The molecule has 0 aliphatic heterocycles. The lowest BCUT2D eigenvalue weighted by atomic mass is 10.1. The number of hydrogen-bond acceptors (Lipinski definition) is 3. The van der Waals surface area contributed by atoms with E-state index in [2.05, 4.69) is 13.5 Å². The summed E-state index contributed by atoms with van der Waals surface area (Å²) in [7, 11) is 0. The number of hydrogen-bond donors (Lipinski definition) is 0. The molecule has 0 spiro atoms. The lowest BCUT2D eigenvalue weighted by Gasteiger charge is -2.28. The summed E-state index contributed by atoms with van der Waals surface area (Å²) in [6.45, 7) is 14.1. The minimum atomic E-state index is -0.575. The second kappa shape index (κ2) is 8.76. The summed E-state index contributed by atoms with van der Waals surface area (Å²) in [6, 6.07) is 13.7. The third kappa shape index (κ3) is 5.88. The van der Waals surface area contributed by atoms with E-state index in [9.17, 15) is 4.79 Å². The van der Waals surface area contributed by atoms with Crippen LogP contribution in [-0.4, -0.2) is 18.3 Å². The Kier molecular flexibility index (Phi) is 6.67. The van der Waals surface area contributed by atoms with Crippen LogP contribution >= 0.6 is 0 Å². The van der Waals surface area contributed by atoms with E-state index < -0.39 is 5.60 Å². The van der Waals surface area contributed by atoms with Gasteiger partial charge in [0.15, 0.2) is 0 Å². The maximum Gasteiger partial charge on any atom is 0.415 e. The number of aryl methyl sites for hydroxylation is 2. The monoisotopic (exact) mass is 367 g/mol. The van der Waals surface area contributed by atoms with Crippen LogP contribution in [0.3, 0.4) is 0 Å². The molecule has 2 aromatic rings. The van der Waals surface area contributed by atoms with Gasteiger partial charge in [0, 0.05) is 11.3 Å². The molecule has 0 saturated carbocycles. The second-order valence-corrected chi connectivity index (χ2v) is 7.54. The average Bonchev–Trinajstić information content (AvgIpc) is 2.59. The first kappa shape index (κ1) is 20.6. The van der Waals surface area contributed by atoms with Crippen molar-refractivity contribution in [2.75, 3.05) is 11.5 Å². The molecular formula is C23H29NO3. The van der Waals surface area contributed by atoms with Crippen LogP contribution in [0.1, 0.15) is 37.5 Å². The van der Waals surface area contributed by atoms with E-state index in [0.29, 0.717) is 13.2 Å². The van der Waals surface area contributed by atoms with Crippen molar-refractivity contribution in [3.63, 3.8) is 0 Å². The molecule has 0 bridgehead atoms. The predicted octanol–water partition coefficient (Wildman–Crippen LogP) is 5.81. The molecule has 27 heavy (non-hydrogen) atoms. The smallest absolute Gasteiger partial charge is 0.415 e. The summed E-state index contributed by atoms with van der Waals surface area (Å²) in [6.07, 6.45) is 1.32. The first-order chi connectivity index (χ1) is 12.7. The standard InChI is InChI=1S/C23H29NO3/c1-7-14-26-21-11-9-8-10-19(21)16-24(22(25)27-23(4,5)6)20-13-12-17(2)18(3)15-20/h7-13,15H,1,14,16H2,2-6H3. The maximum atomic E-state index is 12.9. The molecule has 144 valence electrons. The molecule has 0 unspecified atom stereocenters. The number of rotatable bonds is 6. The van der Waals surface area contributed by atoms with Gasteiger partial charge in [0.1, 0.15) is 18.0 Å². The molecule has 2 aromatic carbocycles. The number of ether oxygens (including phenoxy) is 2. The molecule has 0 atom stereocenters. The molecule has 0 heterocycles. The Morgan fingerprint density at radius 3 is 2.44 bits per heavy atom. The van der Waals surface area contributed by atoms with Crippen molar-refractivity contribution in [1.82, 2.24) is 0 Å². The third-order valence-corrected chi connectivity index (χ3v) is 4.07. The first-order valence-electron chi connectivity index (χ1n) is 9.10. The van der Waals surface area contributed by atoms with E-state index in [-0.39, 0.29) is 6.09 Å². The SMILES string of the molecule is C=CCOc1ccccc1CN(C(=O)OC(C)(C)C)c1ccc(C)c(C)c1. The zero-order valence-electron chi connectivity index (χ0n) is 16.9. The van der Waals surface area contributed by atoms with Gasteiger partial charge in [0.05, 0.1) is 6.54 Å². The van der Waals surface area contributed by atoms with Gasteiger partial charge >= 0.3 is 6.09 Å². The molecule has 0 radical (unpaired) electrons. The quantitative estimate of drug-likeness (QED) is 0.605. The molecule has 0 fully saturated rings. The lowest BCUT2D eigenvalue weighted by Crippen LogP contribution is -2.36. The number of anilines is 1. The lowest BCUT2D eigenvalue weighted by molar-refractivity contribution is 0.0577. The highest BCUT2D eigenvalue weighted by molar-refractivity contribution is 5.88. The van der Waals surface area contributed by atoms with Crippen LogP contribution in [0.15, 0.2) is 55.1 Å². The Bertz CT molecular complexity index is 806. The van der Waals surface area contributed by atoms with Gasteiger partial charge in [-0.3, -0.25) is 4.90 Å². The summed E-state index contributed by atoms with van der Waals surface area (Å²) in [5.41, 5.74) is 3.43. The fraction of sp³-hybridized carbons (Fsp3) is 0.348. The zero-order valence-corrected chi connectivity index (χ0v) is 16.9. The number of nitrogens with zero attached hydrogens (tertiary/aromatic N) is 1. The first-order valence-corrected chi connectivity index (χ1v) is 9.10.